The number of esters is 1. The summed E-state index contributed by atoms with van der Waals surface area (Å²) in [5.74, 6) is -0.631. The van der Waals surface area contributed by atoms with Crippen LogP contribution in [-0.4, -0.2) is 56.1 Å². The zero-order valence-corrected chi connectivity index (χ0v) is 9.48. The van der Waals surface area contributed by atoms with Crippen molar-refractivity contribution in [2.24, 2.45) is 0 Å². The SMILES string of the molecule is CC(=O)/C=C/C(=O)OCCN1CCOCC1. The standard InChI is InChI=1S/C11H17NO4/c1-10(13)2-3-11(14)16-9-6-12-4-7-15-8-5-12/h2-3H,4-9H2,1H3/b3-2+. The second-order valence-electron chi connectivity index (χ2n) is 3.57. The van der Waals surface area contributed by atoms with E-state index in [0.29, 0.717) is 13.2 Å². The van der Waals surface area contributed by atoms with Gasteiger partial charge in [0.25, 0.3) is 0 Å². The van der Waals surface area contributed by atoms with Gasteiger partial charge in [0.05, 0.1) is 13.2 Å². The number of carbonyl (C=O) groups is 2. The predicted octanol–water partition coefficient (Wildman–Crippen LogP) is 0.00700. The lowest BCUT2D eigenvalue weighted by molar-refractivity contribution is -0.138. The number of hydrogen-bond donors (Lipinski definition) is 0. The summed E-state index contributed by atoms with van der Waals surface area (Å²) in [6, 6.07) is 0. The Balaban J connectivity index is 2.09. The molecule has 0 bridgehead atoms. The lowest BCUT2D eigenvalue weighted by Gasteiger charge is -2.25. The van der Waals surface area contributed by atoms with Gasteiger partial charge in [-0.3, -0.25) is 9.69 Å². The van der Waals surface area contributed by atoms with Crippen LogP contribution in [0.2, 0.25) is 0 Å². The van der Waals surface area contributed by atoms with Gasteiger partial charge in [0.2, 0.25) is 0 Å². The summed E-state index contributed by atoms with van der Waals surface area (Å²) >= 11 is 0. The highest BCUT2D eigenvalue weighted by molar-refractivity contribution is 5.94. The number of allylic oxidation sites excluding steroid dienone is 1. The maximum absolute atomic E-state index is 11.1. The molecule has 0 aromatic carbocycles. The van der Waals surface area contributed by atoms with Gasteiger partial charge in [0.15, 0.2) is 5.78 Å². The number of ketones is 1. The van der Waals surface area contributed by atoms with Crippen molar-refractivity contribution in [2.75, 3.05) is 39.5 Å². The molecule has 1 aliphatic rings. The second-order valence-corrected chi connectivity index (χ2v) is 3.57. The van der Waals surface area contributed by atoms with E-state index in [1.54, 1.807) is 0 Å². The minimum atomic E-state index is -0.469. The highest BCUT2D eigenvalue weighted by Crippen LogP contribution is 1.96. The van der Waals surface area contributed by atoms with E-state index < -0.39 is 5.97 Å². The molecule has 0 aromatic heterocycles. The largest absolute Gasteiger partial charge is 0.461 e. The van der Waals surface area contributed by atoms with Crippen molar-refractivity contribution in [1.29, 1.82) is 0 Å². The van der Waals surface area contributed by atoms with E-state index in [2.05, 4.69) is 4.90 Å². The molecule has 1 aliphatic heterocycles. The monoisotopic (exact) mass is 227 g/mol. The zero-order valence-electron chi connectivity index (χ0n) is 9.48. The quantitative estimate of drug-likeness (QED) is 0.489. The molecule has 0 N–H and O–H groups in total. The lowest BCUT2D eigenvalue weighted by atomic mass is 10.4. The van der Waals surface area contributed by atoms with E-state index in [0.717, 1.165) is 32.4 Å². The third kappa shape index (κ3) is 5.63. The van der Waals surface area contributed by atoms with E-state index >= 15 is 0 Å². The molecule has 5 heteroatoms. The first-order chi connectivity index (χ1) is 7.68. The van der Waals surface area contributed by atoms with Crippen molar-refractivity contribution >= 4 is 11.8 Å². The molecule has 1 fully saturated rings. The Kier molecular flexibility index (Phi) is 5.74. The Bertz CT molecular complexity index is 269. The Morgan fingerprint density at radius 2 is 2.00 bits per heavy atom. The lowest BCUT2D eigenvalue weighted by Crippen LogP contribution is -2.38. The molecular weight excluding hydrogens is 210 g/mol. The van der Waals surface area contributed by atoms with E-state index in [1.165, 1.54) is 13.0 Å². The van der Waals surface area contributed by atoms with Crippen molar-refractivity contribution in [3.63, 3.8) is 0 Å². The molecule has 0 radical (unpaired) electrons. The van der Waals surface area contributed by atoms with Crippen LogP contribution in [0.3, 0.4) is 0 Å². The topological polar surface area (TPSA) is 55.8 Å². The van der Waals surface area contributed by atoms with E-state index in [-0.39, 0.29) is 5.78 Å². The fraction of sp³-hybridized carbons (Fsp3) is 0.636. The summed E-state index contributed by atoms with van der Waals surface area (Å²) < 4.78 is 10.1. The van der Waals surface area contributed by atoms with Crippen molar-refractivity contribution in [1.82, 2.24) is 4.90 Å². The summed E-state index contributed by atoms with van der Waals surface area (Å²) in [7, 11) is 0. The zero-order chi connectivity index (χ0) is 11.8. The number of carbonyl (C=O) groups excluding carboxylic acids is 2. The normalized spacial score (nSPS) is 17.6. The van der Waals surface area contributed by atoms with Gasteiger partial charge < -0.3 is 9.47 Å². The first kappa shape index (κ1) is 12.9. The molecule has 16 heavy (non-hydrogen) atoms. The molecule has 0 amide bonds. The van der Waals surface area contributed by atoms with E-state index in [1.807, 2.05) is 0 Å². The molecule has 0 saturated carbocycles. The molecule has 0 aromatic rings. The highest BCUT2D eigenvalue weighted by Gasteiger charge is 2.10. The highest BCUT2D eigenvalue weighted by atomic mass is 16.5. The van der Waals surface area contributed by atoms with Crippen LogP contribution in [0.15, 0.2) is 12.2 Å². The van der Waals surface area contributed by atoms with Gasteiger partial charge in [0, 0.05) is 25.7 Å². The van der Waals surface area contributed by atoms with Crippen LogP contribution < -0.4 is 0 Å². The van der Waals surface area contributed by atoms with Crippen LogP contribution in [0.1, 0.15) is 6.92 Å². The second kappa shape index (κ2) is 7.14. The number of nitrogens with zero attached hydrogens (tertiary/aromatic N) is 1. The molecule has 90 valence electrons. The molecule has 5 nitrogen and oxygen atoms in total. The molecular formula is C11H17NO4. The summed E-state index contributed by atoms with van der Waals surface area (Å²) in [5, 5.41) is 0. The van der Waals surface area contributed by atoms with Crippen LogP contribution in [0.25, 0.3) is 0 Å². The van der Waals surface area contributed by atoms with Crippen molar-refractivity contribution in [3.05, 3.63) is 12.2 Å². The minimum absolute atomic E-state index is 0.162. The predicted molar refractivity (Wildman–Crippen MR) is 58.0 cm³/mol. The van der Waals surface area contributed by atoms with Crippen LogP contribution in [-0.2, 0) is 19.1 Å². The minimum Gasteiger partial charge on any atom is -0.461 e. The van der Waals surface area contributed by atoms with Gasteiger partial charge in [-0.1, -0.05) is 0 Å². The van der Waals surface area contributed by atoms with Crippen LogP contribution >= 0.6 is 0 Å². The fourth-order valence-corrected chi connectivity index (χ4v) is 1.33. The third-order valence-electron chi connectivity index (χ3n) is 2.21. The third-order valence-corrected chi connectivity index (χ3v) is 2.21. The number of ether oxygens (including phenoxy) is 2. The summed E-state index contributed by atoms with van der Waals surface area (Å²) in [4.78, 5) is 23.8. The maximum Gasteiger partial charge on any atom is 0.330 e. The Morgan fingerprint density at radius 3 is 2.62 bits per heavy atom. The number of morpholine rings is 1. The van der Waals surface area contributed by atoms with Gasteiger partial charge >= 0.3 is 5.97 Å². The van der Waals surface area contributed by atoms with Gasteiger partial charge in [-0.05, 0) is 13.0 Å². The molecule has 0 atom stereocenters. The van der Waals surface area contributed by atoms with E-state index in [9.17, 15) is 9.59 Å². The molecule has 0 aliphatic carbocycles. The molecule has 1 saturated heterocycles. The molecule has 1 heterocycles. The van der Waals surface area contributed by atoms with E-state index in [4.69, 9.17) is 9.47 Å². The van der Waals surface area contributed by atoms with Gasteiger partial charge in [-0.2, -0.15) is 0 Å². The molecule has 1 rings (SSSR count). The van der Waals surface area contributed by atoms with Gasteiger partial charge in [-0.15, -0.1) is 0 Å². The summed E-state index contributed by atoms with van der Waals surface area (Å²) in [6.45, 7) is 5.67. The van der Waals surface area contributed by atoms with Crippen molar-refractivity contribution < 1.29 is 19.1 Å². The average molecular weight is 227 g/mol. The van der Waals surface area contributed by atoms with Gasteiger partial charge in [0.1, 0.15) is 6.61 Å². The first-order valence-electron chi connectivity index (χ1n) is 5.34. The Morgan fingerprint density at radius 1 is 1.31 bits per heavy atom. The number of rotatable bonds is 5. The van der Waals surface area contributed by atoms with Crippen LogP contribution in [0.5, 0.6) is 0 Å². The average Bonchev–Trinajstić information content (AvgIpc) is 2.28. The maximum atomic E-state index is 11.1. The first-order valence-corrected chi connectivity index (χ1v) is 5.34. The fourth-order valence-electron chi connectivity index (χ4n) is 1.33. The summed E-state index contributed by atoms with van der Waals surface area (Å²) in [5.41, 5.74) is 0. The van der Waals surface area contributed by atoms with Crippen LogP contribution in [0, 0.1) is 0 Å². The van der Waals surface area contributed by atoms with Crippen molar-refractivity contribution in [2.45, 2.75) is 6.92 Å². The Labute approximate surface area is 95.0 Å². The number of hydrogen-bond acceptors (Lipinski definition) is 5. The van der Waals surface area contributed by atoms with Crippen LogP contribution in [0.4, 0.5) is 0 Å². The summed E-state index contributed by atoms with van der Waals surface area (Å²) in [6.07, 6.45) is 2.36. The molecule has 0 spiro atoms. The van der Waals surface area contributed by atoms with Crippen molar-refractivity contribution in [3.8, 4) is 0 Å². The molecule has 0 unspecified atom stereocenters. The smallest absolute Gasteiger partial charge is 0.330 e. The van der Waals surface area contributed by atoms with Gasteiger partial charge in [-0.25, -0.2) is 4.79 Å². The Hall–Kier alpha value is -1.20.